The first-order valence-electron chi connectivity index (χ1n) is 12.2. The van der Waals surface area contributed by atoms with E-state index in [1.165, 1.54) is 24.3 Å². The molecule has 4 rings (SSSR count). The third kappa shape index (κ3) is 7.02. The van der Waals surface area contributed by atoms with Crippen LogP contribution < -0.4 is 4.74 Å². The van der Waals surface area contributed by atoms with Crippen LogP contribution >= 0.6 is 0 Å². The van der Waals surface area contributed by atoms with Crippen LogP contribution in [-0.4, -0.2) is 39.1 Å². The highest BCUT2D eigenvalue weighted by Gasteiger charge is 2.31. The van der Waals surface area contributed by atoms with Crippen LogP contribution in [0.4, 0.5) is 13.2 Å². The molecule has 0 aliphatic heterocycles. The molecule has 0 aromatic heterocycles. The van der Waals surface area contributed by atoms with Crippen molar-refractivity contribution in [1.82, 2.24) is 0 Å². The summed E-state index contributed by atoms with van der Waals surface area (Å²) in [6.45, 7) is 3.32. The number of alkyl halides is 3. The van der Waals surface area contributed by atoms with Crippen LogP contribution in [0.1, 0.15) is 21.5 Å². The highest BCUT2D eigenvalue weighted by atomic mass is 32.2. The van der Waals surface area contributed by atoms with Crippen LogP contribution in [0.5, 0.6) is 5.75 Å². The molecule has 0 bridgehead atoms. The molecule has 42 heavy (non-hydrogen) atoms. The summed E-state index contributed by atoms with van der Waals surface area (Å²) in [5, 5.41) is 4.67. The van der Waals surface area contributed by atoms with E-state index in [-0.39, 0.29) is 30.1 Å². The Bertz CT molecular complexity index is 1750. The Morgan fingerprint density at radius 1 is 0.833 bits per heavy atom. The van der Waals surface area contributed by atoms with Gasteiger partial charge >= 0.3 is 22.3 Å². The fourth-order valence-corrected chi connectivity index (χ4v) is 4.57. The monoisotopic (exact) mass is 597 g/mol. The van der Waals surface area contributed by atoms with E-state index < -0.39 is 38.5 Å². The first-order chi connectivity index (χ1) is 20.0. The maximum atomic E-state index is 13.8. The maximum Gasteiger partial charge on any atom is 0.416 e. The van der Waals surface area contributed by atoms with Crippen molar-refractivity contribution in [3.63, 3.8) is 0 Å². The summed E-state index contributed by atoms with van der Waals surface area (Å²) in [7, 11) is -4.68. The van der Waals surface area contributed by atoms with Crippen molar-refractivity contribution in [1.29, 1.82) is 0 Å². The molecule has 0 atom stereocenters. The number of fused-ring (bicyclic) bond motifs is 1. The number of ether oxygens (including phenoxy) is 2. The molecule has 4 aromatic rings. The summed E-state index contributed by atoms with van der Waals surface area (Å²) < 4.78 is 79.7. The number of oxime groups is 1. The van der Waals surface area contributed by atoms with Gasteiger partial charge in [-0.25, -0.2) is 4.79 Å². The molecular weight excluding hydrogens is 575 g/mol. The van der Waals surface area contributed by atoms with E-state index in [2.05, 4.69) is 11.7 Å². The van der Waals surface area contributed by atoms with Crippen molar-refractivity contribution in [3.05, 3.63) is 120 Å². The number of hydrogen-bond acceptors (Lipinski definition) is 8. The number of nitrogens with zero attached hydrogens (tertiary/aromatic N) is 1. The van der Waals surface area contributed by atoms with Crippen LogP contribution in [0.3, 0.4) is 0 Å². The van der Waals surface area contributed by atoms with Crippen molar-refractivity contribution in [3.8, 4) is 5.75 Å². The Labute approximate surface area is 238 Å². The van der Waals surface area contributed by atoms with E-state index in [9.17, 15) is 31.2 Å². The average molecular weight is 598 g/mol. The number of carbonyl (C=O) groups is 2. The molecule has 8 nitrogen and oxygen atoms in total. The van der Waals surface area contributed by atoms with Gasteiger partial charge in [-0.3, -0.25) is 9.08 Å². The largest absolute Gasteiger partial charge is 0.489 e. The molecular formula is C30H22F3NO7S. The van der Waals surface area contributed by atoms with Gasteiger partial charge in [0.15, 0.2) is 5.71 Å². The Morgan fingerprint density at radius 3 is 2.12 bits per heavy atom. The van der Waals surface area contributed by atoms with Crippen molar-refractivity contribution < 1.29 is 44.9 Å². The summed E-state index contributed by atoms with van der Waals surface area (Å²) in [6.07, 6.45) is -3.63. The van der Waals surface area contributed by atoms with Crippen molar-refractivity contribution in [2.75, 3.05) is 13.2 Å². The lowest BCUT2D eigenvalue weighted by Gasteiger charge is -2.13. The second-order valence-corrected chi connectivity index (χ2v) is 10.1. The Kier molecular flexibility index (Phi) is 9.06. The zero-order valence-electron chi connectivity index (χ0n) is 21.7. The quantitative estimate of drug-likeness (QED) is 0.0524. The van der Waals surface area contributed by atoms with Crippen molar-refractivity contribution in [2.45, 2.75) is 11.1 Å². The van der Waals surface area contributed by atoms with Crippen LogP contribution in [0.15, 0.2) is 114 Å². The fourth-order valence-electron chi connectivity index (χ4n) is 3.84. The molecule has 0 amide bonds. The number of rotatable bonds is 11. The van der Waals surface area contributed by atoms with Crippen LogP contribution in [0.25, 0.3) is 10.8 Å². The van der Waals surface area contributed by atoms with Crippen LogP contribution in [0.2, 0.25) is 0 Å². The Morgan fingerprint density at radius 2 is 1.48 bits per heavy atom. The predicted molar refractivity (Wildman–Crippen MR) is 148 cm³/mol. The lowest BCUT2D eigenvalue weighted by Crippen LogP contribution is -2.18. The first kappa shape index (κ1) is 30.0. The third-order valence-corrected chi connectivity index (χ3v) is 6.96. The number of halogens is 3. The average Bonchev–Trinajstić information content (AvgIpc) is 2.99. The smallest absolute Gasteiger partial charge is 0.416 e. The van der Waals surface area contributed by atoms with E-state index in [1.807, 2.05) is 0 Å². The predicted octanol–water partition coefficient (Wildman–Crippen LogP) is 5.96. The highest BCUT2D eigenvalue weighted by molar-refractivity contribution is 7.86. The fraction of sp³-hybridized carbons (Fsp3) is 0.100. The molecule has 0 saturated heterocycles. The van der Waals surface area contributed by atoms with Gasteiger partial charge < -0.3 is 9.47 Å². The number of hydrogen-bond donors (Lipinski definition) is 0. The molecule has 0 radical (unpaired) electrons. The zero-order valence-corrected chi connectivity index (χ0v) is 22.5. The second kappa shape index (κ2) is 12.7. The first-order valence-corrected chi connectivity index (χ1v) is 13.6. The van der Waals surface area contributed by atoms with E-state index in [0.717, 1.165) is 18.2 Å². The maximum absolute atomic E-state index is 13.8. The summed E-state index contributed by atoms with van der Waals surface area (Å²) >= 11 is 0. The molecule has 216 valence electrons. The molecule has 0 N–H and O–H groups in total. The number of esters is 1. The molecule has 0 heterocycles. The van der Waals surface area contributed by atoms with Gasteiger partial charge in [-0.2, -0.15) is 21.6 Å². The topological polar surface area (TPSA) is 108 Å². The minimum absolute atomic E-state index is 0.0310. The number of carbonyl (C=O) groups excluding carboxylic acids is 2. The van der Waals surface area contributed by atoms with Gasteiger partial charge in [0, 0.05) is 22.6 Å². The second-order valence-electron chi connectivity index (χ2n) is 8.56. The molecule has 0 aliphatic rings. The van der Waals surface area contributed by atoms with Crippen molar-refractivity contribution >= 4 is 38.4 Å². The van der Waals surface area contributed by atoms with Gasteiger partial charge in [0.25, 0.3) is 0 Å². The Hall–Kier alpha value is -4.97. The van der Waals surface area contributed by atoms with Crippen LogP contribution in [0, 0.1) is 0 Å². The molecule has 0 aliphatic carbocycles. The zero-order chi connectivity index (χ0) is 30.3. The lowest BCUT2D eigenvalue weighted by atomic mass is 9.95. The molecule has 0 fully saturated rings. The minimum atomic E-state index is -4.68. The van der Waals surface area contributed by atoms with Crippen LogP contribution in [-0.2, 0) is 30.1 Å². The molecule has 12 heteroatoms. The number of Topliss-reactive ketones (excluding diaryl/α,β-unsaturated/α-hetero) is 1. The SMILES string of the molecule is C=CC(=O)OCCOc1ccc(C(=O)/C(=N/OS(=O)(=O)c2ccc(C(F)(F)F)cc2)c2ccccc2)c2ccccc12. The van der Waals surface area contributed by atoms with Gasteiger partial charge in [-0.05, 0) is 41.8 Å². The third-order valence-electron chi connectivity index (χ3n) is 5.84. The summed E-state index contributed by atoms with van der Waals surface area (Å²) in [6, 6.07) is 20.4. The van der Waals surface area contributed by atoms with Gasteiger partial charge in [-0.1, -0.05) is 66.3 Å². The standard InChI is InChI=1S/C30H22F3NO7S/c1-2-27(35)40-19-18-39-26-17-16-25(23-10-6-7-11-24(23)26)29(36)28(20-8-4-3-5-9-20)34-41-42(37,38)22-14-12-21(13-15-22)30(31,32)33/h2-17H,1,18-19H2/b34-28+. The molecule has 4 aromatic carbocycles. The summed E-state index contributed by atoms with van der Waals surface area (Å²) in [4.78, 5) is 24.5. The Balaban J connectivity index is 1.67. The summed E-state index contributed by atoms with van der Waals surface area (Å²) in [5.41, 5.74) is -1.02. The van der Waals surface area contributed by atoms with Gasteiger partial charge in [0.05, 0.1) is 5.56 Å². The normalized spacial score (nSPS) is 12.0. The molecule has 0 spiro atoms. The van der Waals surface area contributed by atoms with E-state index in [0.29, 0.717) is 28.7 Å². The molecule has 0 unspecified atom stereocenters. The van der Waals surface area contributed by atoms with E-state index in [1.54, 1.807) is 42.5 Å². The van der Waals surface area contributed by atoms with Gasteiger partial charge in [0.1, 0.15) is 23.9 Å². The van der Waals surface area contributed by atoms with Gasteiger partial charge in [-0.15, -0.1) is 0 Å². The summed E-state index contributed by atoms with van der Waals surface area (Å²) in [5.74, 6) is -0.887. The van der Waals surface area contributed by atoms with Crippen molar-refractivity contribution in [2.24, 2.45) is 5.16 Å². The number of benzene rings is 4. The highest BCUT2D eigenvalue weighted by Crippen LogP contribution is 2.31. The molecule has 0 saturated carbocycles. The van der Waals surface area contributed by atoms with Gasteiger partial charge in [0.2, 0.25) is 5.78 Å². The number of ketones is 1. The minimum Gasteiger partial charge on any atom is -0.489 e. The van der Waals surface area contributed by atoms with E-state index >= 15 is 0 Å². The van der Waals surface area contributed by atoms with E-state index in [4.69, 9.17) is 13.8 Å². The lowest BCUT2D eigenvalue weighted by molar-refractivity contribution is -0.138.